The Labute approximate surface area is 176 Å². The summed E-state index contributed by atoms with van der Waals surface area (Å²) in [4.78, 5) is 32.4. The van der Waals surface area contributed by atoms with Crippen LogP contribution in [-0.4, -0.2) is 25.4 Å². The smallest absolute Gasteiger partial charge is 0.269 e. The maximum absolute atomic E-state index is 12.5. The van der Waals surface area contributed by atoms with Gasteiger partial charge in [0.1, 0.15) is 5.52 Å². The summed E-state index contributed by atoms with van der Waals surface area (Å²) >= 11 is 0. The molecule has 0 saturated carbocycles. The van der Waals surface area contributed by atoms with Crippen molar-refractivity contribution in [2.75, 3.05) is 5.32 Å². The van der Waals surface area contributed by atoms with Gasteiger partial charge in [-0.05, 0) is 30.3 Å². The molecule has 152 valence electrons. The van der Waals surface area contributed by atoms with Crippen LogP contribution in [0.2, 0.25) is 0 Å². The van der Waals surface area contributed by atoms with Gasteiger partial charge in [0.05, 0.1) is 21.5 Å². The number of benzene rings is 3. The molecule has 31 heavy (non-hydrogen) atoms. The fourth-order valence-electron chi connectivity index (χ4n) is 3.71. The highest BCUT2D eigenvalue weighted by molar-refractivity contribution is 6.06. The minimum Gasteiger partial charge on any atom is -0.326 e. The predicted octanol–water partition coefficient (Wildman–Crippen LogP) is 4.67. The number of aryl methyl sites for hydroxylation is 1. The summed E-state index contributed by atoms with van der Waals surface area (Å²) in [6, 6.07) is 21.4. The Bertz CT molecular complexity index is 1460. The van der Waals surface area contributed by atoms with Crippen LogP contribution >= 0.6 is 0 Å². The largest absolute Gasteiger partial charge is 0.326 e. The molecule has 2 heterocycles. The third-order valence-corrected chi connectivity index (χ3v) is 5.18. The summed E-state index contributed by atoms with van der Waals surface area (Å²) in [6.07, 6.45) is 0.221. The maximum Gasteiger partial charge on any atom is 0.269 e. The second-order valence-corrected chi connectivity index (χ2v) is 7.16. The molecule has 0 saturated heterocycles. The van der Waals surface area contributed by atoms with Crippen LogP contribution in [0.3, 0.4) is 0 Å². The molecule has 8 heteroatoms. The Kier molecular flexibility index (Phi) is 4.51. The molecule has 3 aromatic carbocycles. The third kappa shape index (κ3) is 3.44. The number of nitrogens with one attached hydrogen (secondary N) is 1. The fraction of sp³-hybridized carbons (Fsp3) is 0.0870. The van der Waals surface area contributed by atoms with E-state index in [1.165, 1.54) is 24.3 Å². The van der Waals surface area contributed by atoms with Crippen LogP contribution in [0.15, 0.2) is 72.8 Å². The second-order valence-electron chi connectivity index (χ2n) is 7.16. The Balaban J connectivity index is 1.44. The van der Waals surface area contributed by atoms with E-state index in [-0.39, 0.29) is 18.0 Å². The molecular weight excluding hydrogens is 394 g/mol. The number of hydrogen-bond acceptors (Lipinski definition) is 5. The number of para-hydroxylation sites is 3. The number of aromatic nitrogens is 3. The highest BCUT2D eigenvalue weighted by Gasteiger charge is 2.15. The van der Waals surface area contributed by atoms with Gasteiger partial charge in [0.2, 0.25) is 5.91 Å². The lowest BCUT2D eigenvalue weighted by atomic mass is 10.2. The molecule has 0 aliphatic carbocycles. The van der Waals surface area contributed by atoms with Gasteiger partial charge in [-0.15, -0.1) is 0 Å². The molecule has 0 bridgehead atoms. The number of fused-ring (bicyclic) bond motifs is 4. The molecule has 1 N–H and O–H groups in total. The zero-order chi connectivity index (χ0) is 21.4. The van der Waals surface area contributed by atoms with Crippen LogP contribution < -0.4 is 5.32 Å². The van der Waals surface area contributed by atoms with Crippen molar-refractivity contribution in [1.82, 2.24) is 14.5 Å². The summed E-state index contributed by atoms with van der Waals surface area (Å²) in [6.45, 7) is 0.426. The summed E-state index contributed by atoms with van der Waals surface area (Å²) in [7, 11) is 0. The van der Waals surface area contributed by atoms with Gasteiger partial charge in [-0.25, -0.2) is 9.97 Å². The number of carbonyl (C=O) groups excluding carboxylic acids is 1. The molecule has 1 amide bonds. The van der Waals surface area contributed by atoms with E-state index in [1.807, 2.05) is 53.1 Å². The van der Waals surface area contributed by atoms with Gasteiger partial charge < -0.3 is 9.88 Å². The number of nitro groups is 1. The van der Waals surface area contributed by atoms with E-state index in [4.69, 9.17) is 9.97 Å². The van der Waals surface area contributed by atoms with Gasteiger partial charge in [-0.2, -0.15) is 0 Å². The third-order valence-electron chi connectivity index (χ3n) is 5.18. The standard InChI is InChI=1S/C23H17N5O3/c29-21(24-15-9-11-16(12-10-15)28(30)31)13-14-27-20-8-4-1-5-17(20)22-23(27)26-19-7-3-2-6-18(19)25-22/h1-12H,13-14H2,(H,24,29). The van der Waals surface area contributed by atoms with E-state index in [1.54, 1.807) is 0 Å². The van der Waals surface area contributed by atoms with Crippen molar-refractivity contribution in [3.8, 4) is 0 Å². The highest BCUT2D eigenvalue weighted by atomic mass is 16.6. The highest BCUT2D eigenvalue weighted by Crippen LogP contribution is 2.28. The van der Waals surface area contributed by atoms with E-state index in [0.717, 1.165) is 33.1 Å². The van der Waals surface area contributed by atoms with Crippen molar-refractivity contribution >= 4 is 50.4 Å². The number of hydrogen-bond donors (Lipinski definition) is 1. The molecule has 0 aliphatic rings. The molecule has 8 nitrogen and oxygen atoms in total. The Hall–Kier alpha value is -4.33. The summed E-state index contributed by atoms with van der Waals surface area (Å²) in [5.74, 6) is -0.187. The van der Waals surface area contributed by atoms with Crippen molar-refractivity contribution in [2.45, 2.75) is 13.0 Å². The first kappa shape index (κ1) is 18.7. The zero-order valence-electron chi connectivity index (χ0n) is 16.4. The van der Waals surface area contributed by atoms with Crippen molar-refractivity contribution in [1.29, 1.82) is 0 Å². The van der Waals surface area contributed by atoms with Crippen LogP contribution in [0.25, 0.3) is 33.1 Å². The number of non-ortho nitro benzene ring substituents is 1. The minimum atomic E-state index is -0.474. The number of nitro benzene ring substituents is 1. The van der Waals surface area contributed by atoms with Crippen LogP contribution in [0.5, 0.6) is 0 Å². The van der Waals surface area contributed by atoms with Gasteiger partial charge in [0, 0.05) is 36.2 Å². The number of rotatable bonds is 5. The molecule has 2 aromatic heterocycles. The predicted molar refractivity (Wildman–Crippen MR) is 119 cm³/mol. The van der Waals surface area contributed by atoms with Gasteiger partial charge in [-0.3, -0.25) is 14.9 Å². The lowest BCUT2D eigenvalue weighted by Gasteiger charge is -2.08. The average molecular weight is 411 g/mol. The number of nitrogens with zero attached hydrogens (tertiary/aromatic N) is 4. The van der Waals surface area contributed by atoms with Gasteiger partial charge in [0.25, 0.3) is 5.69 Å². The van der Waals surface area contributed by atoms with Crippen molar-refractivity contribution in [3.63, 3.8) is 0 Å². The summed E-state index contributed by atoms with van der Waals surface area (Å²) < 4.78 is 2.01. The molecule has 0 spiro atoms. The lowest BCUT2D eigenvalue weighted by Crippen LogP contribution is -2.14. The first-order valence-electron chi connectivity index (χ1n) is 9.78. The molecule has 0 fully saturated rings. The minimum absolute atomic E-state index is 0.0194. The number of carbonyl (C=O) groups is 1. The molecule has 0 aliphatic heterocycles. The first-order valence-corrected chi connectivity index (χ1v) is 9.78. The van der Waals surface area contributed by atoms with Crippen molar-refractivity contribution in [3.05, 3.63) is 82.9 Å². The Morgan fingerprint density at radius 2 is 1.61 bits per heavy atom. The molecule has 0 unspecified atom stereocenters. The molecule has 0 atom stereocenters. The number of amides is 1. The average Bonchev–Trinajstić information content (AvgIpc) is 3.09. The first-order chi connectivity index (χ1) is 15.1. The Morgan fingerprint density at radius 1 is 0.935 bits per heavy atom. The summed E-state index contributed by atoms with van der Waals surface area (Å²) in [5, 5.41) is 14.5. The van der Waals surface area contributed by atoms with E-state index in [9.17, 15) is 14.9 Å². The molecular formula is C23H17N5O3. The van der Waals surface area contributed by atoms with E-state index in [2.05, 4.69) is 5.32 Å². The fourth-order valence-corrected chi connectivity index (χ4v) is 3.71. The molecule has 5 rings (SSSR count). The number of anilines is 1. The van der Waals surface area contributed by atoms with Crippen LogP contribution in [-0.2, 0) is 11.3 Å². The van der Waals surface area contributed by atoms with Gasteiger partial charge >= 0.3 is 0 Å². The van der Waals surface area contributed by atoms with Gasteiger partial charge in [-0.1, -0.05) is 30.3 Å². The molecule has 5 aromatic rings. The normalized spacial score (nSPS) is 11.2. The SMILES string of the molecule is O=C(CCn1c2ccccc2c2nc3ccccc3nc21)Nc1ccc([N+](=O)[O-])cc1. The topological polar surface area (TPSA) is 103 Å². The maximum atomic E-state index is 12.5. The van der Waals surface area contributed by atoms with E-state index in [0.29, 0.717) is 12.2 Å². The summed E-state index contributed by atoms with van der Waals surface area (Å²) in [5.41, 5.74) is 4.64. The van der Waals surface area contributed by atoms with Gasteiger partial charge in [0.15, 0.2) is 5.65 Å². The second kappa shape index (κ2) is 7.49. The monoisotopic (exact) mass is 411 g/mol. The quantitative estimate of drug-likeness (QED) is 0.334. The zero-order valence-corrected chi connectivity index (χ0v) is 16.4. The van der Waals surface area contributed by atoms with Crippen LogP contribution in [0.4, 0.5) is 11.4 Å². The Morgan fingerprint density at radius 3 is 2.35 bits per heavy atom. The van der Waals surface area contributed by atoms with Crippen LogP contribution in [0, 0.1) is 10.1 Å². The van der Waals surface area contributed by atoms with E-state index < -0.39 is 4.92 Å². The lowest BCUT2D eigenvalue weighted by molar-refractivity contribution is -0.384. The van der Waals surface area contributed by atoms with Crippen molar-refractivity contribution in [2.24, 2.45) is 0 Å². The van der Waals surface area contributed by atoms with Crippen molar-refractivity contribution < 1.29 is 9.72 Å². The van der Waals surface area contributed by atoms with Crippen LogP contribution in [0.1, 0.15) is 6.42 Å². The van der Waals surface area contributed by atoms with E-state index >= 15 is 0 Å². The molecule has 0 radical (unpaired) electrons.